The third kappa shape index (κ3) is 5.74. The van der Waals surface area contributed by atoms with Gasteiger partial charge in [-0.05, 0) is 38.3 Å². The fourth-order valence-corrected chi connectivity index (χ4v) is 3.32. The van der Waals surface area contributed by atoms with Gasteiger partial charge in [-0.2, -0.15) is 0 Å². The van der Waals surface area contributed by atoms with Crippen LogP contribution in [0.25, 0.3) is 0 Å². The molecule has 21 heavy (non-hydrogen) atoms. The summed E-state index contributed by atoms with van der Waals surface area (Å²) < 4.78 is 27.0. The topological polar surface area (TPSA) is 90.9 Å². The first-order chi connectivity index (χ1) is 9.90. The number of ketones is 1. The average Bonchev–Trinajstić information content (AvgIpc) is 2.46. The highest BCUT2D eigenvalue weighted by atomic mass is 35.5. The van der Waals surface area contributed by atoms with E-state index in [4.69, 9.17) is 11.6 Å². The van der Waals surface area contributed by atoms with Crippen molar-refractivity contribution in [1.29, 1.82) is 0 Å². The highest BCUT2D eigenvalue weighted by Crippen LogP contribution is 2.13. The van der Waals surface area contributed by atoms with Crippen molar-refractivity contribution in [3.63, 3.8) is 0 Å². The molecule has 0 spiro atoms. The lowest BCUT2D eigenvalue weighted by atomic mass is 10.1. The van der Waals surface area contributed by atoms with Crippen molar-refractivity contribution in [2.75, 3.05) is 12.4 Å². The molecule has 1 atom stereocenters. The quantitative estimate of drug-likeness (QED) is 0.518. The Balaban J connectivity index is 2.85. The lowest BCUT2D eigenvalue weighted by Crippen LogP contribution is -2.50. The van der Waals surface area contributed by atoms with Crippen LogP contribution in [0.1, 0.15) is 24.8 Å². The lowest BCUT2D eigenvalue weighted by Gasteiger charge is -2.16. The molecule has 1 aromatic carbocycles. The largest absolute Gasteiger partial charge is 0.358 e. The summed E-state index contributed by atoms with van der Waals surface area (Å²) in [5.41, 5.74) is 4.70. The van der Waals surface area contributed by atoms with Crippen molar-refractivity contribution in [2.24, 2.45) is 0 Å². The smallest absolute Gasteiger partial charge is 0.241 e. The molecule has 0 amide bonds. The minimum atomic E-state index is -3.71. The number of unbranched alkanes of at least 4 members (excludes halogenated alkanes) is 1. The van der Waals surface area contributed by atoms with E-state index in [1.807, 2.05) is 6.92 Å². The fourth-order valence-electron chi connectivity index (χ4n) is 1.88. The van der Waals surface area contributed by atoms with E-state index in [2.05, 4.69) is 10.5 Å². The molecule has 7 heteroatoms. The van der Waals surface area contributed by atoms with Gasteiger partial charge in [-0.3, -0.25) is 4.79 Å². The molecule has 4 N–H and O–H groups in total. The summed E-state index contributed by atoms with van der Waals surface area (Å²) in [4.78, 5) is 11.9. The molecule has 0 fully saturated rings. The maximum Gasteiger partial charge on any atom is 0.241 e. The summed E-state index contributed by atoms with van der Waals surface area (Å²) in [6.07, 6.45) is 2.01. The Morgan fingerprint density at radius 1 is 1.29 bits per heavy atom. The van der Waals surface area contributed by atoms with Gasteiger partial charge in [0.15, 0.2) is 5.78 Å². The van der Waals surface area contributed by atoms with Crippen LogP contribution in [0.4, 0.5) is 0 Å². The maximum atomic E-state index is 12.3. The first-order valence-corrected chi connectivity index (χ1v) is 8.89. The van der Waals surface area contributed by atoms with Crippen LogP contribution < -0.4 is 10.5 Å². The van der Waals surface area contributed by atoms with E-state index in [1.54, 1.807) is 12.1 Å². The van der Waals surface area contributed by atoms with E-state index >= 15 is 0 Å². The number of rotatable bonds is 9. The number of carbonyl (C=O) groups is 1. The number of halogens is 1. The first-order valence-electron chi connectivity index (χ1n) is 6.87. The second-order valence-corrected chi connectivity index (χ2v) is 6.92. The molecule has 0 saturated carbocycles. The molecule has 0 radical (unpaired) electrons. The number of benzene rings is 1. The molecule has 118 valence electrons. The van der Waals surface area contributed by atoms with Gasteiger partial charge in [0.05, 0.1) is 23.4 Å². The Labute approximate surface area is 130 Å². The average molecular weight is 334 g/mol. The van der Waals surface area contributed by atoms with Crippen LogP contribution in [0.2, 0.25) is 0 Å². The highest BCUT2D eigenvalue weighted by molar-refractivity contribution is 7.89. The Morgan fingerprint density at radius 2 is 1.90 bits per heavy atom. The summed E-state index contributed by atoms with van der Waals surface area (Å²) >= 11 is 5.56. The number of quaternary nitrogens is 1. The number of nitrogens with one attached hydrogen (secondary N) is 1. The number of carbonyl (C=O) groups excluding carboxylic acids is 1. The van der Waals surface area contributed by atoms with Crippen molar-refractivity contribution in [3.8, 4) is 0 Å². The molecule has 0 unspecified atom stereocenters. The second-order valence-electron chi connectivity index (χ2n) is 4.94. The van der Waals surface area contributed by atoms with Gasteiger partial charge in [-0.15, -0.1) is 11.6 Å². The third-order valence-corrected chi connectivity index (χ3v) is 4.89. The van der Waals surface area contributed by atoms with Gasteiger partial charge >= 0.3 is 0 Å². The van der Waals surface area contributed by atoms with Gasteiger partial charge in [0.2, 0.25) is 10.0 Å². The zero-order valence-electron chi connectivity index (χ0n) is 12.1. The van der Waals surface area contributed by atoms with Crippen molar-refractivity contribution in [2.45, 2.75) is 37.1 Å². The van der Waals surface area contributed by atoms with Gasteiger partial charge in [0.25, 0.3) is 0 Å². The van der Waals surface area contributed by atoms with E-state index < -0.39 is 16.1 Å². The summed E-state index contributed by atoms with van der Waals surface area (Å²) in [6.45, 7) is 2.63. The number of hydrogen-bond donors (Lipinski definition) is 2. The third-order valence-electron chi connectivity index (χ3n) is 3.14. The Hall–Kier alpha value is -0.950. The number of hydrogen-bond acceptors (Lipinski definition) is 3. The number of aryl methyl sites for hydroxylation is 1. The van der Waals surface area contributed by atoms with Gasteiger partial charge in [0, 0.05) is 0 Å². The number of Topliss-reactive ketones (excluding diaryl/α,β-unsaturated/α-hetero) is 1. The molecular weight excluding hydrogens is 312 g/mol. The summed E-state index contributed by atoms with van der Waals surface area (Å²) in [7, 11) is -3.71. The molecule has 0 aromatic heterocycles. The van der Waals surface area contributed by atoms with Crippen LogP contribution in [-0.4, -0.2) is 32.7 Å². The van der Waals surface area contributed by atoms with E-state index in [9.17, 15) is 13.2 Å². The molecule has 0 bridgehead atoms. The molecule has 1 rings (SSSR count). The van der Waals surface area contributed by atoms with Gasteiger partial charge in [-0.25, -0.2) is 13.1 Å². The summed E-state index contributed by atoms with van der Waals surface area (Å²) in [5.74, 6) is -0.512. The van der Waals surface area contributed by atoms with Crippen LogP contribution in [0.5, 0.6) is 0 Å². The minimum absolute atomic E-state index is 0.151. The monoisotopic (exact) mass is 333 g/mol. The minimum Gasteiger partial charge on any atom is -0.358 e. The zero-order chi connectivity index (χ0) is 15.9. The van der Waals surface area contributed by atoms with Crippen LogP contribution in [0, 0.1) is 6.92 Å². The molecule has 5 nitrogen and oxygen atoms in total. The number of sulfonamides is 1. The number of alkyl halides is 1. The van der Waals surface area contributed by atoms with Gasteiger partial charge < -0.3 is 5.73 Å². The van der Waals surface area contributed by atoms with E-state index in [-0.39, 0.29) is 16.6 Å². The van der Waals surface area contributed by atoms with Crippen molar-refractivity contribution < 1.29 is 18.9 Å². The molecule has 1 aromatic rings. The molecule has 0 saturated heterocycles. The predicted molar refractivity (Wildman–Crippen MR) is 82.6 cm³/mol. The van der Waals surface area contributed by atoms with E-state index in [0.29, 0.717) is 6.42 Å². The molecule has 0 aliphatic heterocycles. The summed E-state index contributed by atoms with van der Waals surface area (Å²) in [5, 5.41) is 0. The van der Waals surface area contributed by atoms with Crippen LogP contribution in [0.3, 0.4) is 0 Å². The Morgan fingerprint density at radius 3 is 2.43 bits per heavy atom. The SMILES string of the molecule is Cc1ccc(S(=O)(=O)N[C@@H](CCCC[NH3+])C(=O)CCl)cc1. The first kappa shape index (κ1) is 18.1. The van der Waals surface area contributed by atoms with Crippen LogP contribution in [0.15, 0.2) is 29.2 Å². The Kier molecular flexibility index (Phi) is 7.31. The molecule has 0 heterocycles. The van der Waals surface area contributed by atoms with Gasteiger partial charge in [-0.1, -0.05) is 17.7 Å². The normalized spacial score (nSPS) is 13.1. The fraction of sp³-hybridized carbons (Fsp3) is 0.500. The zero-order valence-corrected chi connectivity index (χ0v) is 13.7. The van der Waals surface area contributed by atoms with Crippen LogP contribution in [-0.2, 0) is 14.8 Å². The lowest BCUT2D eigenvalue weighted by molar-refractivity contribution is -0.368. The maximum absolute atomic E-state index is 12.3. The van der Waals surface area contributed by atoms with E-state index in [0.717, 1.165) is 24.9 Å². The Bertz CT molecular complexity index is 558. The van der Waals surface area contributed by atoms with Crippen molar-refractivity contribution >= 4 is 27.4 Å². The highest BCUT2D eigenvalue weighted by Gasteiger charge is 2.24. The molecule has 0 aliphatic rings. The van der Waals surface area contributed by atoms with Crippen molar-refractivity contribution in [3.05, 3.63) is 29.8 Å². The molecule has 0 aliphatic carbocycles. The predicted octanol–water partition coefficient (Wildman–Crippen LogP) is 0.862. The standard InChI is InChI=1S/C14H21ClN2O3S/c1-11-5-7-12(8-6-11)21(19,20)17-13(14(18)10-15)4-2-3-9-16/h5-8,13,17H,2-4,9-10,16H2,1H3/p+1/t13-/m0/s1. The summed E-state index contributed by atoms with van der Waals surface area (Å²) in [6, 6.07) is 5.71. The molecular formula is C14H22ClN2O3S+. The van der Waals surface area contributed by atoms with Crippen molar-refractivity contribution in [1.82, 2.24) is 4.72 Å². The van der Waals surface area contributed by atoms with Gasteiger partial charge in [0.1, 0.15) is 0 Å². The second kappa shape index (κ2) is 8.48. The van der Waals surface area contributed by atoms with E-state index in [1.165, 1.54) is 12.1 Å². The van der Waals surface area contributed by atoms with Crippen LogP contribution >= 0.6 is 11.6 Å².